The van der Waals surface area contributed by atoms with Crippen LogP contribution in [0.5, 0.6) is 5.75 Å². The lowest BCUT2D eigenvalue weighted by Gasteiger charge is -2.47. The highest BCUT2D eigenvalue weighted by Crippen LogP contribution is 2.81. The third-order valence-corrected chi connectivity index (χ3v) is 8.34. The average molecular weight is 358 g/mol. The Kier molecular flexibility index (Phi) is 2.98. The second kappa shape index (κ2) is 5.05. The maximum atomic E-state index is 10.8. The first-order chi connectivity index (χ1) is 13.0. The van der Waals surface area contributed by atoms with E-state index in [4.69, 9.17) is 0 Å². The molecule has 0 aromatic heterocycles. The van der Waals surface area contributed by atoms with E-state index in [1.807, 2.05) is 12.1 Å². The molecule has 27 heavy (non-hydrogen) atoms. The molecule has 0 bridgehead atoms. The summed E-state index contributed by atoms with van der Waals surface area (Å²) in [5.41, 5.74) is 7.57. The Hall–Kier alpha value is -2.06. The molecule has 2 aromatic carbocycles. The third-order valence-electron chi connectivity index (χ3n) is 8.34. The van der Waals surface area contributed by atoms with E-state index in [1.165, 1.54) is 28.7 Å². The van der Waals surface area contributed by atoms with E-state index in [-0.39, 0.29) is 16.9 Å². The van der Waals surface area contributed by atoms with Crippen LogP contribution in [-0.2, 0) is 6.42 Å². The van der Waals surface area contributed by atoms with E-state index in [9.17, 15) is 10.2 Å². The summed E-state index contributed by atoms with van der Waals surface area (Å²) in [4.78, 5) is 0. The van der Waals surface area contributed by atoms with Crippen molar-refractivity contribution in [1.29, 1.82) is 0 Å². The second-order valence-corrected chi connectivity index (χ2v) is 9.52. The first kappa shape index (κ1) is 15.9. The summed E-state index contributed by atoms with van der Waals surface area (Å²) in [6.45, 7) is 2.43. The summed E-state index contributed by atoms with van der Waals surface area (Å²) in [6.07, 6.45) is 5.18. The number of aliphatic hydroxyl groups excluding tert-OH is 1. The first-order valence-electron chi connectivity index (χ1n) is 10.3. The number of fused-ring (bicyclic) bond motifs is 2. The van der Waals surface area contributed by atoms with Crippen molar-refractivity contribution in [2.45, 2.75) is 51.0 Å². The molecule has 2 heteroatoms. The summed E-state index contributed by atoms with van der Waals surface area (Å²) >= 11 is 0. The number of benzene rings is 2. The Morgan fingerprint density at radius 2 is 1.85 bits per heavy atom. The minimum atomic E-state index is -0.139. The van der Waals surface area contributed by atoms with Gasteiger partial charge in [-0.15, -0.1) is 0 Å². The lowest BCUT2D eigenvalue weighted by atomic mass is 9.56. The Balaban J connectivity index is 1.61. The molecule has 4 aliphatic rings. The van der Waals surface area contributed by atoms with Gasteiger partial charge in [-0.3, -0.25) is 0 Å². The number of phenolic OH excluding ortho intramolecular Hbond substituents is 1. The molecular weight excluding hydrogens is 332 g/mol. The fourth-order valence-corrected chi connectivity index (χ4v) is 7.13. The molecule has 2 fully saturated rings. The van der Waals surface area contributed by atoms with Crippen molar-refractivity contribution in [3.63, 3.8) is 0 Å². The van der Waals surface area contributed by atoms with Crippen molar-refractivity contribution < 1.29 is 10.2 Å². The maximum Gasteiger partial charge on any atom is 0.115 e. The van der Waals surface area contributed by atoms with Crippen molar-refractivity contribution in [2.24, 2.45) is 16.7 Å². The Bertz CT molecular complexity index is 975. The number of allylic oxidation sites excluding steroid dienone is 2. The highest BCUT2D eigenvalue weighted by atomic mass is 16.3. The first-order valence-corrected chi connectivity index (χ1v) is 10.3. The molecule has 0 radical (unpaired) electrons. The fraction of sp³-hybridized carbons (Fsp3) is 0.440. The van der Waals surface area contributed by atoms with Gasteiger partial charge in [0.05, 0.1) is 6.10 Å². The van der Waals surface area contributed by atoms with Crippen LogP contribution in [0.4, 0.5) is 0 Å². The summed E-state index contributed by atoms with van der Waals surface area (Å²) < 4.78 is 0. The molecule has 0 unspecified atom stereocenters. The number of phenols is 1. The molecule has 0 saturated heterocycles. The van der Waals surface area contributed by atoms with Gasteiger partial charge in [0.2, 0.25) is 0 Å². The van der Waals surface area contributed by atoms with Crippen LogP contribution in [0.1, 0.15) is 55.2 Å². The zero-order valence-corrected chi connectivity index (χ0v) is 15.8. The smallest absolute Gasteiger partial charge is 0.115 e. The molecule has 0 amide bonds. The summed E-state index contributed by atoms with van der Waals surface area (Å²) in [7, 11) is 0. The number of hydrogen-bond acceptors (Lipinski definition) is 2. The highest BCUT2D eigenvalue weighted by Gasteiger charge is 2.75. The van der Waals surface area contributed by atoms with E-state index in [2.05, 4.69) is 43.3 Å². The van der Waals surface area contributed by atoms with Gasteiger partial charge in [0, 0.05) is 11.3 Å². The van der Waals surface area contributed by atoms with Crippen molar-refractivity contribution in [3.8, 4) is 5.75 Å². The van der Waals surface area contributed by atoms with Gasteiger partial charge < -0.3 is 10.2 Å². The second-order valence-electron chi connectivity index (χ2n) is 9.52. The number of aliphatic hydroxyl groups is 1. The van der Waals surface area contributed by atoms with Crippen molar-refractivity contribution in [2.75, 3.05) is 0 Å². The van der Waals surface area contributed by atoms with Crippen LogP contribution in [0.25, 0.3) is 5.57 Å². The van der Waals surface area contributed by atoms with E-state index in [0.29, 0.717) is 17.6 Å². The topological polar surface area (TPSA) is 40.5 Å². The van der Waals surface area contributed by atoms with E-state index < -0.39 is 0 Å². The lowest BCUT2D eigenvalue weighted by Crippen LogP contribution is -2.36. The fourth-order valence-electron chi connectivity index (χ4n) is 7.13. The predicted octanol–water partition coefficient (Wildman–Crippen LogP) is 5.06. The monoisotopic (exact) mass is 358 g/mol. The number of rotatable bonds is 1. The number of hydrogen-bond donors (Lipinski definition) is 2. The SMILES string of the molecule is C[C@]12CCC3=C([C@H](c4ccccc4)Cc4cc(O)ccc43)[C@]13C[C@@H]3[C@@H](O)C2. The van der Waals surface area contributed by atoms with E-state index in [0.717, 1.165) is 25.7 Å². The van der Waals surface area contributed by atoms with Gasteiger partial charge in [0.15, 0.2) is 0 Å². The number of aromatic hydroxyl groups is 1. The summed E-state index contributed by atoms with van der Waals surface area (Å²) in [5, 5.41) is 20.8. The van der Waals surface area contributed by atoms with Gasteiger partial charge >= 0.3 is 0 Å². The van der Waals surface area contributed by atoms with E-state index in [1.54, 1.807) is 5.57 Å². The van der Waals surface area contributed by atoms with Gasteiger partial charge in [-0.1, -0.05) is 48.9 Å². The molecule has 5 atom stereocenters. The minimum absolute atomic E-state index is 0.139. The molecule has 0 aliphatic heterocycles. The van der Waals surface area contributed by atoms with Crippen LogP contribution in [0.3, 0.4) is 0 Å². The molecule has 2 saturated carbocycles. The standard InChI is InChI=1S/C25H26O2/c1-24-10-9-19-18-8-7-17(26)11-16(18)12-20(15-5-3-2-4-6-15)23(19)25(24)13-21(25)22(27)14-24/h2-8,11,20-22,26-27H,9-10,12-14H2,1H3/t20-,21+,22-,24+,25+/m0/s1. The van der Waals surface area contributed by atoms with Crippen LogP contribution in [-0.4, -0.2) is 16.3 Å². The normalized spacial score (nSPS) is 38.7. The zero-order valence-electron chi connectivity index (χ0n) is 15.8. The molecular formula is C25H26O2. The quantitative estimate of drug-likeness (QED) is 0.748. The molecule has 6 rings (SSSR count). The van der Waals surface area contributed by atoms with Crippen molar-refractivity contribution >= 4 is 5.57 Å². The van der Waals surface area contributed by atoms with Gasteiger partial charge in [-0.2, -0.15) is 0 Å². The molecule has 2 nitrogen and oxygen atoms in total. The summed E-state index contributed by atoms with van der Waals surface area (Å²) in [5.74, 6) is 1.17. The largest absolute Gasteiger partial charge is 0.508 e. The Labute approximate surface area is 160 Å². The molecule has 2 N–H and O–H groups in total. The molecule has 4 aliphatic carbocycles. The molecule has 1 spiro atoms. The molecule has 0 heterocycles. The highest BCUT2D eigenvalue weighted by molar-refractivity contribution is 5.79. The van der Waals surface area contributed by atoms with Crippen LogP contribution in [0.2, 0.25) is 0 Å². The van der Waals surface area contributed by atoms with Crippen LogP contribution >= 0.6 is 0 Å². The van der Waals surface area contributed by atoms with Gasteiger partial charge in [-0.25, -0.2) is 0 Å². The van der Waals surface area contributed by atoms with Gasteiger partial charge in [0.1, 0.15) is 5.75 Å². The Morgan fingerprint density at radius 1 is 1.04 bits per heavy atom. The Morgan fingerprint density at radius 3 is 2.63 bits per heavy atom. The molecule has 2 aromatic rings. The van der Waals surface area contributed by atoms with Crippen LogP contribution in [0.15, 0.2) is 54.1 Å². The lowest BCUT2D eigenvalue weighted by molar-refractivity contribution is 0.117. The maximum absolute atomic E-state index is 10.8. The van der Waals surface area contributed by atoms with Crippen LogP contribution in [0, 0.1) is 16.7 Å². The van der Waals surface area contributed by atoms with Crippen LogP contribution < -0.4 is 0 Å². The van der Waals surface area contributed by atoms with E-state index >= 15 is 0 Å². The predicted molar refractivity (Wildman–Crippen MR) is 106 cm³/mol. The minimum Gasteiger partial charge on any atom is -0.508 e. The van der Waals surface area contributed by atoms with Gasteiger partial charge in [-0.05, 0) is 77.8 Å². The molecule has 138 valence electrons. The third kappa shape index (κ3) is 1.90. The van der Waals surface area contributed by atoms with Crippen molar-refractivity contribution in [1.82, 2.24) is 0 Å². The zero-order chi connectivity index (χ0) is 18.4. The summed E-state index contributed by atoms with van der Waals surface area (Å²) in [6, 6.07) is 16.8. The van der Waals surface area contributed by atoms with Crippen molar-refractivity contribution in [3.05, 3.63) is 70.8 Å². The average Bonchev–Trinajstić information content (AvgIpc) is 3.37. The van der Waals surface area contributed by atoms with Gasteiger partial charge in [0.25, 0.3) is 0 Å².